The molecule has 0 radical (unpaired) electrons. The van der Waals surface area contributed by atoms with Crippen LogP contribution in [0.2, 0.25) is 0 Å². The molecular formula is C17H17BrN4O2. The summed E-state index contributed by atoms with van der Waals surface area (Å²) in [6.07, 6.45) is 0.795. The maximum atomic E-state index is 11.4. The van der Waals surface area contributed by atoms with Gasteiger partial charge in [0.05, 0.1) is 12.6 Å². The number of carbonyl (C=O) groups is 1. The SMILES string of the molecule is COc1cc(C(N)=O)cc2nc(N)n(CCc3ccc(Br)cc3)c12. The Hall–Kier alpha value is -2.54. The third kappa shape index (κ3) is 3.07. The molecule has 0 saturated carbocycles. The lowest BCUT2D eigenvalue weighted by molar-refractivity contribution is 0.1000. The van der Waals surface area contributed by atoms with Crippen LogP contribution in [0.5, 0.6) is 5.75 Å². The first-order valence-corrected chi connectivity index (χ1v) is 8.17. The van der Waals surface area contributed by atoms with E-state index in [0.29, 0.717) is 29.3 Å². The Morgan fingerprint density at radius 1 is 1.29 bits per heavy atom. The molecule has 7 heteroatoms. The van der Waals surface area contributed by atoms with Crippen LogP contribution in [-0.2, 0) is 13.0 Å². The van der Waals surface area contributed by atoms with Crippen LogP contribution < -0.4 is 16.2 Å². The number of aryl methyl sites for hydroxylation is 2. The fourth-order valence-corrected chi connectivity index (χ4v) is 2.93. The Morgan fingerprint density at radius 2 is 2.00 bits per heavy atom. The van der Waals surface area contributed by atoms with E-state index in [9.17, 15) is 4.79 Å². The van der Waals surface area contributed by atoms with Gasteiger partial charge in [-0.2, -0.15) is 0 Å². The zero-order chi connectivity index (χ0) is 17.3. The van der Waals surface area contributed by atoms with Crippen molar-refractivity contribution in [1.29, 1.82) is 0 Å². The molecule has 0 aliphatic heterocycles. The van der Waals surface area contributed by atoms with E-state index in [1.54, 1.807) is 19.2 Å². The molecule has 0 saturated heterocycles. The number of nitrogen functional groups attached to an aromatic ring is 1. The first-order chi connectivity index (χ1) is 11.5. The van der Waals surface area contributed by atoms with Crippen molar-refractivity contribution in [3.05, 3.63) is 52.0 Å². The Balaban J connectivity index is 1.99. The van der Waals surface area contributed by atoms with E-state index in [4.69, 9.17) is 16.2 Å². The van der Waals surface area contributed by atoms with Gasteiger partial charge < -0.3 is 20.8 Å². The lowest BCUT2D eigenvalue weighted by atomic mass is 10.1. The van der Waals surface area contributed by atoms with Gasteiger partial charge in [-0.1, -0.05) is 28.1 Å². The maximum absolute atomic E-state index is 11.4. The zero-order valence-corrected chi connectivity index (χ0v) is 14.7. The summed E-state index contributed by atoms with van der Waals surface area (Å²) < 4.78 is 8.34. The number of ether oxygens (including phenoxy) is 1. The van der Waals surface area contributed by atoms with E-state index < -0.39 is 5.91 Å². The van der Waals surface area contributed by atoms with Crippen molar-refractivity contribution in [2.75, 3.05) is 12.8 Å². The minimum Gasteiger partial charge on any atom is -0.494 e. The molecule has 24 heavy (non-hydrogen) atoms. The average Bonchev–Trinajstić information content (AvgIpc) is 2.88. The molecule has 1 amide bonds. The van der Waals surface area contributed by atoms with Crippen LogP contribution in [0.3, 0.4) is 0 Å². The van der Waals surface area contributed by atoms with E-state index in [2.05, 4.69) is 33.0 Å². The van der Waals surface area contributed by atoms with E-state index in [0.717, 1.165) is 16.4 Å². The molecule has 0 unspecified atom stereocenters. The van der Waals surface area contributed by atoms with Crippen molar-refractivity contribution in [3.8, 4) is 5.75 Å². The number of nitrogens with zero attached hydrogens (tertiary/aromatic N) is 2. The second kappa shape index (κ2) is 6.52. The molecule has 124 valence electrons. The monoisotopic (exact) mass is 388 g/mol. The summed E-state index contributed by atoms with van der Waals surface area (Å²) in [7, 11) is 1.54. The number of imidazole rings is 1. The molecule has 0 aliphatic carbocycles. The predicted octanol–water partition coefficient (Wildman–Crippen LogP) is 2.73. The molecule has 2 aromatic carbocycles. The van der Waals surface area contributed by atoms with E-state index in [1.165, 1.54) is 5.56 Å². The normalized spacial score (nSPS) is 10.9. The van der Waals surface area contributed by atoms with Gasteiger partial charge in [0.15, 0.2) is 0 Å². The summed E-state index contributed by atoms with van der Waals surface area (Å²) in [5.41, 5.74) is 14.3. The van der Waals surface area contributed by atoms with Gasteiger partial charge in [0.25, 0.3) is 0 Å². The molecule has 0 bridgehead atoms. The Morgan fingerprint density at radius 3 is 2.62 bits per heavy atom. The van der Waals surface area contributed by atoms with Crippen LogP contribution in [0.1, 0.15) is 15.9 Å². The fourth-order valence-electron chi connectivity index (χ4n) is 2.66. The van der Waals surface area contributed by atoms with Crippen molar-refractivity contribution in [1.82, 2.24) is 9.55 Å². The van der Waals surface area contributed by atoms with Gasteiger partial charge in [-0.3, -0.25) is 4.79 Å². The second-order valence-electron chi connectivity index (χ2n) is 5.41. The standard InChI is InChI=1S/C17H17BrN4O2/c1-24-14-9-11(16(19)23)8-13-15(14)22(17(20)21-13)7-6-10-2-4-12(18)5-3-10/h2-5,8-9H,6-7H2,1H3,(H2,19,23)(H2,20,21). The van der Waals surface area contributed by atoms with E-state index in [1.807, 2.05) is 16.7 Å². The third-order valence-electron chi connectivity index (χ3n) is 3.88. The van der Waals surface area contributed by atoms with Gasteiger partial charge in [-0.25, -0.2) is 4.98 Å². The second-order valence-corrected chi connectivity index (χ2v) is 6.32. The molecule has 0 spiro atoms. The number of fused-ring (bicyclic) bond motifs is 1. The van der Waals surface area contributed by atoms with Crippen molar-refractivity contribution in [2.45, 2.75) is 13.0 Å². The van der Waals surface area contributed by atoms with E-state index in [-0.39, 0.29) is 0 Å². The lowest BCUT2D eigenvalue weighted by Gasteiger charge is -2.10. The number of hydrogen-bond donors (Lipinski definition) is 2. The summed E-state index contributed by atoms with van der Waals surface area (Å²) in [6, 6.07) is 11.4. The number of hydrogen-bond acceptors (Lipinski definition) is 4. The summed E-state index contributed by atoms with van der Waals surface area (Å²) in [4.78, 5) is 15.8. The number of primary amides is 1. The van der Waals surface area contributed by atoms with Crippen LogP contribution in [0, 0.1) is 0 Å². The van der Waals surface area contributed by atoms with Crippen LogP contribution in [0.15, 0.2) is 40.9 Å². The number of nitrogens with two attached hydrogens (primary N) is 2. The molecular weight excluding hydrogens is 372 g/mol. The van der Waals surface area contributed by atoms with Crippen LogP contribution in [0.25, 0.3) is 11.0 Å². The Kier molecular flexibility index (Phi) is 4.44. The Labute approximate surface area is 147 Å². The van der Waals surface area contributed by atoms with Crippen LogP contribution in [0.4, 0.5) is 5.95 Å². The van der Waals surface area contributed by atoms with Gasteiger partial charge in [0, 0.05) is 16.6 Å². The molecule has 4 N–H and O–H groups in total. The number of rotatable bonds is 5. The topological polar surface area (TPSA) is 96.2 Å². The highest BCUT2D eigenvalue weighted by molar-refractivity contribution is 9.10. The lowest BCUT2D eigenvalue weighted by Crippen LogP contribution is -2.11. The van der Waals surface area contributed by atoms with Crippen LogP contribution >= 0.6 is 15.9 Å². The Bertz CT molecular complexity index is 903. The van der Waals surface area contributed by atoms with Crippen molar-refractivity contribution in [3.63, 3.8) is 0 Å². The van der Waals surface area contributed by atoms with Gasteiger partial charge in [0.2, 0.25) is 11.9 Å². The highest BCUT2D eigenvalue weighted by Gasteiger charge is 2.16. The summed E-state index contributed by atoms with van der Waals surface area (Å²) in [5, 5.41) is 0. The first kappa shape index (κ1) is 16.3. The molecule has 1 heterocycles. The largest absolute Gasteiger partial charge is 0.494 e. The van der Waals surface area contributed by atoms with Gasteiger partial charge in [0.1, 0.15) is 11.3 Å². The van der Waals surface area contributed by atoms with Gasteiger partial charge >= 0.3 is 0 Å². The highest BCUT2D eigenvalue weighted by atomic mass is 79.9. The first-order valence-electron chi connectivity index (χ1n) is 7.37. The number of amides is 1. The van der Waals surface area contributed by atoms with Gasteiger partial charge in [-0.15, -0.1) is 0 Å². The highest BCUT2D eigenvalue weighted by Crippen LogP contribution is 2.29. The third-order valence-corrected chi connectivity index (χ3v) is 4.41. The fraction of sp³-hybridized carbons (Fsp3) is 0.176. The van der Waals surface area contributed by atoms with Gasteiger partial charge in [-0.05, 0) is 36.2 Å². The summed E-state index contributed by atoms with van der Waals surface area (Å²) >= 11 is 3.43. The number of benzene rings is 2. The van der Waals surface area contributed by atoms with E-state index >= 15 is 0 Å². The molecule has 3 rings (SSSR count). The minimum absolute atomic E-state index is 0.344. The molecule has 1 aromatic heterocycles. The molecule has 0 atom stereocenters. The predicted molar refractivity (Wildman–Crippen MR) is 97.1 cm³/mol. The molecule has 0 aliphatic rings. The summed E-state index contributed by atoms with van der Waals surface area (Å²) in [5.74, 6) is 0.376. The molecule has 6 nitrogen and oxygen atoms in total. The quantitative estimate of drug-likeness (QED) is 0.701. The zero-order valence-electron chi connectivity index (χ0n) is 13.1. The molecule has 3 aromatic rings. The van der Waals surface area contributed by atoms with Crippen molar-refractivity contribution >= 4 is 38.8 Å². The number of carbonyl (C=O) groups excluding carboxylic acids is 1. The molecule has 0 fully saturated rings. The minimum atomic E-state index is -0.529. The number of aromatic nitrogens is 2. The maximum Gasteiger partial charge on any atom is 0.248 e. The van der Waals surface area contributed by atoms with Crippen LogP contribution in [-0.4, -0.2) is 22.6 Å². The number of halogens is 1. The smallest absolute Gasteiger partial charge is 0.248 e. The number of methoxy groups -OCH3 is 1. The van der Waals surface area contributed by atoms with Crippen molar-refractivity contribution < 1.29 is 9.53 Å². The van der Waals surface area contributed by atoms with Crippen molar-refractivity contribution in [2.24, 2.45) is 5.73 Å². The average molecular weight is 389 g/mol. The summed E-state index contributed by atoms with van der Waals surface area (Å²) in [6.45, 7) is 0.649. The number of anilines is 1.